The Morgan fingerprint density at radius 2 is 1.86 bits per heavy atom. The molecule has 0 N–H and O–H groups in total. The Labute approximate surface area is 162 Å². The summed E-state index contributed by atoms with van der Waals surface area (Å²) < 4.78 is 16.4. The molecule has 2 saturated carbocycles. The average Bonchev–Trinajstić information content (AvgIpc) is 3.37. The van der Waals surface area contributed by atoms with Gasteiger partial charge < -0.3 is 19.1 Å². The van der Waals surface area contributed by atoms with Gasteiger partial charge >= 0.3 is 5.97 Å². The van der Waals surface area contributed by atoms with E-state index in [2.05, 4.69) is 0 Å². The number of nitrogens with zero attached hydrogens (tertiary/aromatic N) is 1. The lowest BCUT2D eigenvalue weighted by atomic mass is 9.64. The van der Waals surface area contributed by atoms with Crippen LogP contribution in [-0.2, 0) is 31.1 Å². The molecule has 7 heteroatoms. The van der Waals surface area contributed by atoms with Crippen molar-refractivity contribution in [1.82, 2.24) is 4.90 Å². The molecule has 7 nitrogen and oxygen atoms in total. The van der Waals surface area contributed by atoms with Crippen molar-refractivity contribution < 1.29 is 28.6 Å². The molecule has 0 aromatic heterocycles. The van der Waals surface area contributed by atoms with Gasteiger partial charge in [-0.05, 0) is 43.0 Å². The number of carbonyl (C=O) groups is 3. The number of esters is 1. The van der Waals surface area contributed by atoms with Gasteiger partial charge in [-0.3, -0.25) is 14.4 Å². The number of fused-ring (bicyclic) bond motifs is 2. The fourth-order valence-corrected chi connectivity index (χ4v) is 6.28. The maximum absolute atomic E-state index is 13.2. The minimum atomic E-state index is -1.11. The Morgan fingerprint density at radius 3 is 2.54 bits per heavy atom. The van der Waals surface area contributed by atoms with Gasteiger partial charge in [0.15, 0.2) is 11.5 Å². The second-order valence-electron chi connectivity index (χ2n) is 7.98. The standard InChI is InChI=1S/C21H23NO6/c1-4-28-19(25)21-16-13(23)5-7-20(21)12-10-15(27-3)14(26-2)9-11(12)6-8-22(20)18(24)17(16)21/h9-10,16-17H,4-8H2,1-3H3/t16?,17?,20-,21+/m1/s1. The van der Waals surface area contributed by atoms with Crippen molar-refractivity contribution in [2.24, 2.45) is 17.3 Å². The molecular weight excluding hydrogens is 362 g/mol. The number of carbonyl (C=O) groups excluding carboxylic acids is 3. The second kappa shape index (κ2) is 5.49. The summed E-state index contributed by atoms with van der Waals surface area (Å²) in [5.41, 5.74) is -0.0157. The van der Waals surface area contributed by atoms with Crippen molar-refractivity contribution in [3.8, 4) is 11.5 Å². The van der Waals surface area contributed by atoms with E-state index in [1.54, 1.807) is 21.1 Å². The predicted molar refractivity (Wildman–Crippen MR) is 96.9 cm³/mol. The van der Waals surface area contributed by atoms with Gasteiger partial charge in [0.25, 0.3) is 0 Å². The molecule has 2 aliphatic carbocycles. The normalized spacial score (nSPS) is 34.3. The summed E-state index contributed by atoms with van der Waals surface area (Å²) in [6.45, 7) is 2.50. The quantitative estimate of drug-likeness (QED) is 0.730. The van der Waals surface area contributed by atoms with E-state index in [0.29, 0.717) is 37.3 Å². The first-order valence-electron chi connectivity index (χ1n) is 9.75. The predicted octanol–water partition coefficient (Wildman–Crippen LogP) is 1.46. The van der Waals surface area contributed by atoms with Crippen LogP contribution in [0.4, 0.5) is 0 Å². The van der Waals surface area contributed by atoms with Crippen molar-refractivity contribution >= 4 is 17.7 Å². The molecule has 3 fully saturated rings. The summed E-state index contributed by atoms with van der Waals surface area (Å²) in [5.74, 6) is -0.492. The molecule has 0 radical (unpaired) electrons. The fourth-order valence-electron chi connectivity index (χ4n) is 6.28. The zero-order valence-corrected chi connectivity index (χ0v) is 16.2. The van der Waals surface area contributed by atoms with Crippen LogP contribution >= 0.6 is 0 Å². The monoisotopic (exact) mass is 385 g/mol. The van der Waals surface area contributed by atoms with Crippen LogP contribution in [-0.4, -0.2) is 49.9 Å². The summed E-state index contributed by atoms with van der Waals surface area (Å²) in [4.78, 5) is 41.0. The molecule has 1 spiro atoms. The molecular formula is C21H23NO6. The van der Waals surface area contributed by atoms with Gasteiger partial charge in [-0.1, -0.05) is 0 Å². The van der Waals surface area contributed by atoms with Crippen LogP contribution in [0.15, 0.2) is 12.1 Å². The van der Waals surface area contributed by atoms with Crippen molar-refractivity contribution in [2.45, 2.75) is 31.7 Å². The lowest BCUT2D eigenvalue weighted by molar-refractivity contribution is -0.163. The number of benzene rings is 1. The molecule has 2 heterocycles. The maximum atomic E-state index is 13.2. The van der Waals surface area contributed by atoms with Crippen LogP contribution in [0, 0.1) is 17.3 Å². The van der Waals surface area contributed by atoms with E-state index in [0.717, 1.165) is 11.1 Å². The van der Waals surface area contributed by atoms with E-state index in [9.17, 15) is 14.4 Å². The fraction of sp³-hybridized carbons (Fsp3) is 0.571. The van der Waals surface area contributed by atoms with Crippen LogP contribution in [0.1, 0.15) is 30.9 Å². The van der Waals surface area contributed by atoms with Gasteiger partial charge in [0, 0.05) is 13.0 Å². The van der Waals surface area contributed by atoms with E-state index >= 15 is 0 Å². The third-order valence-corrected chi connectivity index (χ3v) is 7.24. The first-order valence-corrected chi connectivity index (χ1v) is 9.75. The lowest BCUT2D eigenvalue weighted by Crippen LogP contribution is -2.59. The van der Waals surface area contributed by atoms with Gasteiger partial charge in [-0.25, -0.2) is 0 Å². The van der Waals surface area contributed by atoms with Gasteiger partial charge in [0.2, 0.25) is 5.91 Å². The SMILES string of the molecule is CCOC(=O)[C@@]12C3C(=O)CC[C@@]14c1cc(OC)c(OC)cc1CCN4C(=O)C32. The minimum Gasteiger partial charge on any atom is -0.493 e. The number of hydrogen-bond acceptors (Lipinski definition) is 6. The first kappa shape index (κ1) is 17.5. The van der Waals surface area contributed by atoms with Crippen LogP contribution in [0.25, 0.3) is 0 Å². The smallest absolute Gasteiger partial charge is 0.316 e. The molecule has 0 bridgehead atoms. The van der Waals surface area contributed by atoms with Crippen LogP contribution in [0.3, 0.4) is 0 Å². The van der Waals surface area contributed by atoms with Gasteiger partial charge in [-0.2, -0.15) is 0 Å². The molecule has 1 saturated heterocycles. The van der Waals surface area contributed by atoms with Crippen molar-refractivity contribution in [2.75, 3.05) is 27.4 Å². The first-order chi connectivity index (χ1) is 13.5. The molecule has 1 aromatic rings. The third-order valence-electron chi connectivity index (χ3n) is 7.24. The van der Waals surface area contributed by atoms with Crippen LogP contribution < -0.4 is 9.47 Å². The third kappa shape index (κ3) is 1.65. The highest BCUT2D eigenvalue weighted by Gasteiger charge is 2.92. The van der Waals surface area contributed by atoms with Gasteiger partial charge in [0.1, 0.15) is 11.2 Å². The van der Waals surface area contributed by atoms with E-state index in [-0.39, 0.29) is 18.3 Å². The van der Waals surface area contributed by atoms with Crippen LogP contribution in [0.2, 0.25) is 0 Å². The molecule has 148 valence electrons. The Morgan fingerprint density at radius 1 is 1.14 bits per heavy atom. The number of rotatable bonds is 4. The van der Waals surface area contributed by atoms with E-state index in [1.165, 1.54) is 0 Å². The molecule has 1 amide bonds. The molecule has 5 rings (SSSR count). The van der Waals surface area contributed by atoms with Crippen molar-refractivity contribution in [3.05, 3.63) is 23.3 Å². The largest absolute Gasteiger partial charge is 0.493 e. The number of piperidine rings is 1. The van der Waals surface area contributed by atoms with E-state index in [4.69, 9.17) is 14.2 Å². The van der Waals surface area contributed by atoms with Crippen LogP contribution in [0.5, 0.6) is 11.5 Å². The zero-order valence-electron chi connectivity index (χ0n) is 16.2. The summed E-state index contributed by atoms with van der Waals surface area (Å²) in [6, 6.07) is 3.83. The zero-order chi connectivity index (χ0) is 19.8. The molecule has 4 aliphatic rings. The number of Topliss-reactive ketones (excluding diaryl/α,β-unsaturated/α-hetero) is 1. The number of hydrogen-bond donors (Lipinski definition) is 0. The molecule has 28 heavy (non-hydrogen) atoms. The molecule has 4 atom stereocenters. The molecule has 2 aliphatic heterocycles. The highest BCUT2D eigenvalue weighted by atomic mass is 16.5. The second-order valence-corrected chi connectivity index (χ2v) is 7.98. The number of methoxy groups -OCH3 is 2. The summed E-state index contributed by atoms with van der Waals surface area (Å²) in [7, 11) is 3.15. The minimum absolute atomic E-state index is 0.00396. The Balaban J connectivity index is 1.78. The molecule has 2 unspecified atom stereocenters. The Kier molecular flexibility index (Phi) is 3.44. The lowest BCUT2D eigenvalue weighted by Gasteiger charge is -2.51. The summed E-state index contributed by atoms with van der Waals surface area (Å²) in [5, 5.41) is 0. The summed E-state index contributed by atoms with van der Waals surface area (Å²) >= 11 is 0. The average molecular weight is 385 g/mol. The van der Waals surface area contributed by atoms with Gasteiger partial charge in [0.05, 0.1) is 38.2 Å². The van der Waals surface area contributed by atoms with E-state index in [1.807, 2.05) is 17.0 Å². The number of ketones is 1. The van der Waals surface area contributed by atoms with Crippen molar-refractivity contribution in [1.29, 1.82) is 0 Å². The van der Waals surface area contributed by atoms with Gasteiger partial charge in [-0.15, -0.1) is 0 Å². The molecule has 1 aromatic carbocycles. The summed E-state index contributed by atoms with van der Waals surface area (Å²) in [6.07, 6.45) is 1.47. The topological polar surface area (TPSA) is 82.1 Å². The Bertz CT molecular complexity index is 926. The highest BCUT2D eigenvalue weighted by Crippen LogP contribution is 2.79. The highest BCUT2D eigenvalue weighted by molar-refractivity contribution is 6.10. The number of ether oxygens (including phenoxy) is 3. The van der Waals surface area contributed by atoms with E-state index < -0.39 is 28.8 Å². The van der Waals surface area contributed by atoms with Crippen molar-refractivity contribution in [3.63, 3.8) is 0 Å². The number of amides is 1. The Hall–Kier alpha value is -2.57. The maximum Gasteiger partial charge on any atom is 0.316 e.